The molecule has 4 N–H and O–H groups in total. The van der Waals surface area contributed by atoms with Crippen LogP contribution in [0.15, 0.2) is 24.3 Å². The fourth-order valence-electron chi connectivity index (χ4n) is 2.04. The molecule has 108 valence electrons. The van der Waals surface area contributed by atoms with Crippen LogP contribution < -0.4 is 16.4 Å². The van der Waals surface area contributed by atoms with Crippen molar-refractivity contribution in [2.45, 2.75) is 6.04 Å². The SMILES string of the molecule is CNC(=O)C1COCCN1C(=O)Nc1cccc(N)c1. The van der Waals surface area contributed by atoms with Gasteiger partial charge in [0.15, 0.2) is 0 Å². The number of hydrogen-bond acceptors (Lipinski definition) is 4. The van der Waals surface area contributed by atoms with Crippen molar-refractivity contribution in [3.05, 3.63) is 24.3 Å². The molecule has 1 aromatic carbocycles. The second kappa shape index (κ2) is 6.25. The van der Waals surface area contributed by atoms with Gasteiger partial charge in [0.05, 0.1) is 13.2 Å². The highest BCUT2D eigenvalue weighted by Gasteiger charge is 2.32. The molecule has 1 heterocycles. The Labute approximate surface area is 117 Å². The van der Waals surface area contributed by atoms with Crippen molar-refractivity contribution in [1.29, 1.82) is 0 Å². The standard InChI is InChI=1S/C13H18N4O3/c1-15-12(18)11-8-20-6-5-17(11)13(19)16-10-4-2-3-9(14)7-10/h2-4,7,11H,5-6,8,14H2,1H3,(H,15,18)(H,16,19). The number of amides is 3. The molecule has 0 aliphatic carbocycles. The Morgan fingerprint density at radius 1 is 1.45 bits per heavy atom. The van der Waals surface area contributed by atoms with Crippen LogP contribution in [0.25, 0.3) is 0 Å². The van der Waals surface area contributed by atoms with Crippen LogP contribution >= 0.6 is 0 Å². The second-order valence-corrected chi connectivity index (χ2v) is 4.45. The van der Waals surface area contributed by atoms with Crippen molar-refractivity contribution in [2.24, 2.45) is 0 Å². The number of urea groups is 1. The molecule has 1 atom stereocenters. The van der Waals surface area contributed by atoms with Crippen LogP contribution in [0.5, 0.6) is 0 Å². The number of ether oxygens (including phenoxy) is 1. The molecule has 3 amide bonds. The number of nitrogens with zero attached hydrogens (tertiary/aromatic N) is 1. The zero-order valence-corrected chi connectivity index (χ0v) is 11.3. The minimum Gasteiger partial charge on any atom is -0.399 e. The minimum atomic E-state index is -0.616. The molecule has 1 saturated heterocycles. The van der Waals surface area contributed by atoms with Crippen LogP contribution in [0.3, 0.4) is 0 Å². The van der Waals surface area contributed by atoms with E-state index < -0.39 is 6.04 Å². The molecule has 1 aliphatic heterocycles. The third kappa shape index (κ3) is 3.18. The highest BCUT2D eigenvalue weighted by Crippen LogP contribution is 2.14. The van der Waals surface area contributed by atoms with E-state index in [0.29, 0.717) is 24.5 Å². The van der Waals surface area contributed by atoms with E-state index in [1.165, 1.54) is 11.9 Å². The summed E-state index contributed by atoms with van der Waals surface area (Å²) in [4.78, 5) is 25.5. The van der Waals surface area contributed by atoms with Gasteiger partial charge in [0.25, 0.3) is 0 Å². The van der Waals surface area contributed by atoms with Gasteiger partial charge >= 0.3 is 6.03 Å². The Hall–Kier alpha value is -2.28. The first kappa shape index (κ1) is 14.1. The van der Waals surface area contributed by atoms with Crippen LogP contribution in [0.1, 0.15) is 0 Å². The fourth-order valence-corrected chi connectivity index (χ4v) is 2.04. The van der Waals surface area contributed by atoms with Gasteiger partial charge in [-0.2, -0.15) is 0 Å². The van der Waals surface area contributed by atoms with E-state index in [1.807, 2.05) is 0 Å². The Morgan fingerprint density at radius 3 is 2.95 bits per heavy atom. The number of nitrogens with one attached hydrogen (secondary N) is 2. The second-order valence-electron chi connectivity index (χ2n) is 4.45. The molecule has 1 fully saturated rings. The van der Waals surface area contributed by atoms with E-state index in [-0.39, 0.29) is 18.5 Å². The molecule has 1 aliphatic rings. The van der Waals surface area contributed by atoms with Gasteiger partial charge in [0.2, 0.25) is 5.91 Å². The molecule has 0 bridgehead atoms. The highest BCUT2D eigenvalue weighted by molar-refractivity contribution is 5.94. The van der Waals surface area contributed by atoms with Gasteiger partial charge in [-0.15, -0.1) is 0 Å². The van der Waals surface area contributed by atoms with Crippen LogP contribution in [-0.2, 0) is 9.53 Å². The minimum absolute atomic E-state index is 0.198. The molecule has 7 heteroatoms. The predicted octanol–water partition coefficient (Wildman–Crippen LogP) is 0.247. The molecular weight excluding hydrogens is 260 g/mol. The third-order valence-electron chi connectivity index (χ3n) is 3.08. The zero-order valence-electron chi connectivity index (χ0n) is 11.3. The summed E-state index contributed by atoms with van der Waals surface area (Å²) in [5.41, 5.74) is 6.82. The van der Waals surface area contributed by atoms with Crippen LogP contribution in [-0.4, -0.2) is 49.7 Å². The average Bonchev–Trinajstić information content (AvgIpc) is 2.46. The van der Waals surface area contributed by atoms with Gasteiger partial charge in [-0.25, -0.2) is 4.79 Å². The number of nitrogen functional groups attached to an aromatic ring is 1. The van der Waals surface area contributed by atoms with Gasteiger partial charge in [-0.3, -0.25) is 4.79 Å². The number of morpholine rings is 1. The Kier molecular flexibility index (Phi) is 4.41. The summed E-state index contributed by atoms with van der Waals surface area (Å²) in [6, 6.07) is 5.93. The number of carbonyl (C=O) groups is 2. The first-order valence-corrected chi connectivity index (χ1v) is 6.34. The van der Waals surface area contributed by atoms with E-state index in [1.54, 1.807) is 24.3 Å². The number of anilines is 2. The van der Waals surface area contributed by atoms with Gasteiger partial charge in [-0.05, 0) is 18.2 Å². The lowest BCUT2D eigenvalue weighted by Crippen LogP contribution is -2.56. The molecule has 20 heavy (non-hydrogen) atoms. The lowest BCUT2D eigenvalue weighted by atomic mass is 10.2. The quantitative estimate of drug-likeness (QED) is 0.675. The summed E-state index contributed by atoms with van der Waals surface area (Å²) >= 11 is 0. The van der Waals surface area contributed by atoms with Crippen molar-refractivity contribution in [3.63, 3.8) is 0 Å². The molecule has 0 spiro atoms. The molecule has 1 unspecified atom stereocenters. The van der Waals surface area contributed by atoms with Gasteiger partial charge < -0.3 is 26.0 Å². The lowest BCUT2D eigenvalue weighted by molar-refractivity contribution is -0.129. The van der Waals surface area contributed by atoms with Crippen LogP contribution in [0.4, 0.5) is 16.2 Å². The maximum Gasteiger partial charge on any atom is 0.322 e. The summed E-state index contributed by atoms with van der Waals surface area (Å²) < 4.78 is 5.25. The lowest BCUT2D eigenvalue weighted by Gasteiger charge is -2.34. The molecular formula is C13H18N4O3. The Bertz CT molecular complexity index is 506. The summed E-state index contributed by atoms with van der Waals surface area (Å²) in [7, 11) is 1.53. The number of likely N-dealkylation sites (N-methyl/N-ethyl adjacent to an activating group) is 1. The van der Waals surface area contributed by atoms with Gasteiger partial charge in [0, 0.05) is 25.0 Å². The van der Waals surface area contributed by atoms with E-state index in [0.717, 1.165) is 0 Å². The number of hydrogen-bond donors (Lipinski definition) is 3. The number of rotatable bonds is 2. The normalized spacial score (nSPS) is 18.4. The van der Waals surface area contributed by atoms with E-state index in [4.69, 9.17) is 10.5 Å². The Morgan fingerprint density at radius 2 is 2.25 bits per heavy atom. The summed E-state index contributed by atoms with van der Waals surface area (Å²) in [6.07, 6.45) is 0. The van der Waals surface area contributed by atoms with Crippen molar-refractivity contribution >= 4 is 23.3 Å². The third-order valence-corrected chi connectivity index (χ3v) is 3.08. The van der Waals surface area contributed by atoms with Gasteiger partial charge in [-0.1, -0.05) is 6.07 Å². The van der Waals surface area contributed by atoms with Crippen molar-refractivity contribution in [1.82, 2.24) is 10.2 Å². The maximum absolute atomic E-state index is 12.2. The number of benzene rings is 1. The molecule has 1 aromatic rings. The molecule has 7 nitrogen and oxygen atoms in total. The zero-order chi connectivity index (χ0) is 14.5. The monoisotopic (exact) mass is 278 g/mol. The highest BCUT2D eigenvalue weighted by atomic mass is 16.5. The first-order valence-electron chi connectivity index (χ1n) is 6.34. The van der Waals surface area contributed by atoms with Crippen LogP contribution in [0.2, 0.25) is 0 Å². The molecule has 2 rings (SSSR count). The number of nitrogens with two attached hydrogens (primary N) is 1. The summed E-state index contributed by atoms with van der Waals surface area (Å²) in [6.45, 7) is 0.980. The molecule has 0 saturated carbocycles. The largest absolute Gasteiger partial charge is 0.399 e. The maximum atomic E-state index is 12.2. The molecule has 0 aromatic heterocycles. The van der Waals surface area contributed by atoms with Gasteiger partial charge in [0.1, 0.15) is 6.04 Å². The topological polar surface area (TPSA) is 96.7 Å². The smallest absolute Gasteiger partial charge is 0.322 e. The average molecular weight is 278 g/mol. The predicted molar refractivity (Wildman–Crippen MR) is 75.3 cm³/mol. The van der Waals surface area contributed by atoms with E-state index in [2.05, 4.69) is 10.6 Å². The van der Waals surface area contributed by atoms with E-state index >= 15 is 0 Å². The summed E-state index contributed by atoms with van der Waals surface area (Å²) in [5.74, 6) is -0.243. The van der Waals surface area contributed by atoms with E-state index in [9.17, 15) is 9.59 Å². The number of carbonyl (C=O) groups excluding carboxylic acids is 2. The molecule has 0 radical (unpaired) electrons. The van der Waals surface area contributed by atoms with Crippen LogP contribution in [0, 0.1) is 0 Å². The van der Waals surface area contributed by atoms with Crippen molar-refractivity contribution in [3.8, 4) is 0 Å². The fraction of sp³-hybridized carbons (Fsp3) is 0.385. The van der Waals surface area contributed by atoms with Crippen molar-refractivity contribution < 1.29 is 14.3 Å². The summed E-state index contributed by atoms with van der Waals surface area (Å²) in [5, 5.41) is 5.26. The Balaban J connectivity index is 2.08. The first-order chi connectivity index (χ1) is 9.61. The van der Waals surface area contributed by atoms with Crippen molar-refractivity contribution in [2.75, 3.05) is 37.9 Å².